The van der Waals surface area contributed by atoms with Crippen LogP contribution in [-0.2, 0) is 0 Å². The van der Waals surface area contributed by atoms with Crippen LogP contribution in [0.1, 0.15) is 20.9 Å². The van der Waals surface area contributed by atoms with Crippen LogP contribution in [0.25, 0.3) is 0 Å². The van der Waals surface area contributed by atoms with Crippen LogP contribution in [0.4, 0.5) is 16.2 Å². The number of carbonyl (C=O) groups is 3. The van der Waals surface area contributed by atoms with Gasteiger partial charge in [-0.3, -0.25) is 14.4 Å². The molecule has 1 aromatic heterocycles. The first-order valence-electron chi connectivity index (χ1n) is 8.68. The number of carbonyl (C=O) groups excluding carboxylic acids is 3. The maximum absolute atomic E-state index is 12.4. The molecule has 2 aromatic carbocycles. The molecule has 3 aromatic rings. The summed E-state index contributed by atoms with van der Waals surface area (Å²) in [5.41, 5.74) is 1.61. The molecule has 0 aliphatic carbocycles. The predicted molar refractivity (Wildman–Crippen MR) is 112 cm³/mol. The van der Waals surface area contributed by atoms with E-state index in [2.05, 4.69) is 10.6 Å². The fourth-order valence-electron chi connectivity index (χ4n) is 2.31. The second kappa shape index (κ2) is 9.11. The molecule has 7 nitrogen and oxygen atoms in total. The summed E-state index contributed by atoms with van der Waals surface area (Å²) in [6.07, 6.45) is 1.42. The van der Waals surface area contributed by atoms with E-state index in [0.29, 0.717) is 16.9 Å². The topological polar surface area (TPSA) is 91.7 Å². The van der Waals surface area contributed by atoms with E-state index in [-0.39, 0.29) is 22.8 Å². The fraction of sp³-hybridized carbons (Fsp3) is 0.0952. The van der Waals surface area contributed by atoms with Crippen molar-refractivity contribution in [2.45, 2.75) is 4.90 Å². The van der Waals surface area contributed by atoms with E-state index in [4.69, 9.17) is 4.42 Å². The highest BCUT2D eigenvalue weighted by atomic mass is 32.2. The lowest BCUT2D eigenvalue weighted by Crippen LogP contribution is -2.16. The van der Waals surface area contributed by atoms with Crippen molar-refractivity contribution in [3.63, 3.8) is 0 Å². The van der Waals surface area contributed by atoms with E-state index in [1.54, 1.807) is 74.8 Å². The van der Waals surface area contributed by atoms with Crippen molar-refractivity contribution in [3.8, 4) is 0 Å². The van der Waals surface area contributed by atoms with Gasteiger partial charge in [0.15, 0.2) is 5.76 Å². The zero-order valence-corrected chi connectivity index (χ0v) is 16.7. The second-order valence-corrected chi connectivity index (χ2v) is 7.27. The average Bonchev–Trinajstić information content (AvgIpc) is 3.25. The van der Waals surface area contributed by atoms with Gasteiger partial charge >= 0.3 is 0 Å². The molecule has 0 aliphatic rings. The average molecular weight is 409 g/mol. The standard InChI is InChI=1S/C21H19N3O4S/c1-24(2)21(27)29-17-11-9-16(10-12-17)22-19(25)14-5-7-15(8-6-14)23-20(26)18-4-3-13-28-18/h3-13H,1-2H3,(H,22,25)(H,23,26). The largest absolute Gasteiger partial charge is 0.459 e. The molecule has 0 saturated carbocycles. The summed E-state index contributed by atoms with van der Waals surface area (Å²) in [5, 5.41) is 5.42. The molecule has 0 radical (unpaired) electrons. The van der Waals surface area contributed by atoms with Gasteiger partial charge in [0.05, 0.1) is 6.26 Å². The highest BCUT2D eigenvalue weighted by Gasteiger charge is 2.11. The molecule has 0 saturated heterocycles. The third-order valence-corrected chi connectivity index (χ3v) is 4.88. The Hall–Kier alpha value is -3.52. The third kappa shape index (κ3) is 5.49. The van der Waals surface area contributed by atoms with Crippen molar-refractivity contribution in [1.82, 2.24) is 4.90 Å². The number of nitrogens with one attached hydrogen (secondary N) is 2. The van der Waals surface area contributed by atoms with Gasteiger partial charge in [-0.05, 0) is 72.4 Å². The summed E-state index contributed by atoms with van der Waals surface area (Å²) in [4.78, 5) is 38.4. The van der Waals surface area contributed by atoms with Gasteiger partial charge in [-0.25, -0.2) is 0 Å². The highest BCUT2D eigenvalue weighted by Crippen LogP contribution is 2.23. The van der Waals surface area contributed by atoms with E-state index in [1.165, 1.54) is 11.2 Å². The monoisotopic (exact) mass is 409 g/mol. The fourth-order valence-corrected chi connectivity index (χ4v) is 2.96. The second-order valence-electron chi connectivity index (χ2n) is 6.25. The minimum absolute atomic E-state index is 0.0685. The Morgan fingerprint density at radius 2 is 1.41 bits per heavy atom. The number of amides is 3. The van der Waals surface area contributed by atoms with Crippen LogP contribution in [0.2, 0.25) is 0 Å². The van der Waals surface area contributed by atoms with Crippen LogP contribution >= 0.6 is 11.8 Å². The number of thioether (sulfide) groups is 1. The number of rotatable bonds is 5. The quantitative estimate of drug-likeness (QED) is 0.603. The van der Waals surface area contributed by atoms with Crippen molar-refractivity contribution >= 4 is 40.2 Å². The molecule has 29 heavy (non-hydrogen) atoms. The first-order chi connectivity index (χ1) is 13.9. The lowest BCUT2D eigenvalue weighted by molar-refractivity contribution is 0.0995. The third-order valence-electron chi connectivity index (χ3n) is 3.83. The predicted octanol–water partition coefficient (Wildman–Crippen LogP) is 4.56. The maximum Gasteiger partial charge on any atom is 0.291 e. The van der Waals surface area contributed by atoms with E-state index in [9.17, 15) is 14.4 Å². The summed E-state index contributed by atoms with van der Waals surface area (Å²) in [6.45, 7) is 0. The van der Waals surface area contributed by atoms with E-state index >= 15 is 0 Å². The number of nitrogens with zero attached hydrogens (tertiary/aromatic N) is 1. The van der Waals surface area contributed by atoms with Crippen molar-refractivity contribution in [1.29, 1.82) is 0 Å². The first kappa shape index (κ1) is 20.2. The van der Waals surface area contributed by atoms with Crippen molar-refractivity contribution in [2.75, 3.05) is 24.7 Å². The molecular formula is C21H19N3O4S. The Morgan fingerprint density at radius 3 is 1.97 bits per heavy atom. The molecule has 3 amide bonds. The number of hydrogen-bond donors (Lipinski definition) is 2. The molecule has 3 rings (SSSR count). The minimum Gasteiger partial charge on any atom is -0.459 e. The number of benzene rings is 2. The van der Waals surface area contributed by atoms with Crippen LogP contribution in [0, 0.1) is 0 Å². The lowest BCUT2D eigenvalue weighted by Gasteiger charge is -2.10. The van der Waals surface area contributed by atoms with Crippen LogP contribution in [-0.4, -0.2) is 36.0 Å². The normalized spacial score (nSPS) is 10.3. The molecule has 0 bridgehead atoms. The van der Waals surface area contributed by atoms with Crippen molar-refractivity contribution in [3.05, 3.63) is 78.3 Å². The van der Waals surface area contributed by atoms with Gasteiger partial charge in [0.2, 0.25) is 0 Å². The first-order valence-corrected chi connectivity index (χ1v) is 9.49. The van der Waals surface area contributed by atoms with E-state index < -0.39 is 0 Å². The molecule has 8 heteroatoms. The highest BCUT2D eigenvalue weighted by molar-refractivity contribution is 8.13. The summed E-state index contributed by atoms with van der Waals surface area (Å²) in [5.74, 6) is -0.433. The Kier molecular flexibility index (Phi) is 6.36. The van der Waals surface area contributed by atoms with Crippen LogP contribution in [0.3, 0.4) is 0 Å². The molecule has 0 fully saturated rings. The minimum atomic E-state index is -0.363. The maximum atomic E-state index is 12.4. The molecule has 0 atom stereocenters. The van der Waals surface area contributed by atoms with Gasteiger partial charge < -0.3 is 20.0 Å². The molecular weight excluding hydrogens is 390 g/mol. The van der Waals surface area contributed by atoms with Gasteiger partial charge in [-0.2, -0.15) is 0 Å². The number of anilines is 2. The van der Waals surface area contributed by atoms with Gasteiger partial charge in [0.1, 0.15) is 0 Å². The summed E-state index contributed by atoms with van der Waals surface area (Å²) in [6, 6.07) is 16.7. The van der Waals surface area contributed by atoms with Gasteiger partial charge in [-0.15, -0.1) is 0 Å². The van der Waals surface area contributed by atoms with Crippen molar-refractivity contribution in [2.24, 2.45) is 0 Å². The Labute approximate surface area is 172 Å². The molecule has 0 unspecified atom stereocenters. The smallest absolute Gasteiger partial charge is 0.291 e. The Morgan fingerprint density at radius 1 is 0.828 bits per heavy atom. The van der Waals surface area contributed by atoms with Crippen LogP contribution in [0.5, 0.6) is 0 Å². The van der Waals surface area contributed by atoms with Gasteiger partial charge in [0.25, 0.3) is 17.1 Å². The molecule has 1 heterocycles. The van der Waals surface area contributed by atoms with E-state index in [0.717, 1.165) is 16.7 Å². The summed E-state index contributed by atoms with van der Waals surface area (Å²) >= 11 is 1.11. The SMILES string of the molecule is CN(C)C(=O)Sc1ccc(NC(=O)c2ccc(NC(=O)c3ccco3)cc2)cc1. The number of hydrogen-bond acceptors (Lipinski definition) is 5. The molecule has 0 aliphatic heterocycles. The number of furan rings is 1. The summed E-state index contributed by atoms with van der Waals surface area (Å²) < 4.78 is 5.04. The van der Waals surface area contributed by atoms with Gasteiger partial charge in [0, 0.05) is 35.9 Å². The van der Waals surface area contributed by atoms with E-state index in [1.807, 2.05) is 0 Å². The lowest BCUT2D eigenvalue weighted by atomic mass is 10.2. The van der Waals surface area contributed by atoms with Gasteiger partial charge in [-0.1, -0.05) is 0 Å². The molecule has 0 spiro atoms. The zero-order valence-electron chi connectivity index (χ0n) is 15.8. The van der Waals surface area contributed by atoms with Crippen LogP contribution in [0.15, 0.2) is 76.2 Å². The molecule has 2 N–H and O–H groups in total. The van der Waals surface area contributed by atoms with Crippen LogP contribution < -0.4 is 10.6 Å². The molecule has 148 valence electrons. The Bertz CT molecular complexity index is 997. The zero-order chi connectivity index (χ0) is 20.8. The Balaban J connectivity index is 1.58. The van der Waals surface area contributed by atoms with Crippen molar-refractivity contribution < 1.29 is 18.8 Å². The summed E-state index contributed by atoms with van der Waals surface area (Å²) in [7, 11) is 3.38.